The zero-order valence-electron chi connectivity index (χ0n) is 13.3. The summed E-state index contributed by atoms with van der Waals surface area (Å²) in [6, 6.07) is 3.94. The number of ether oxygens (including phenoxy) is 1. The molecule has 0 unspecified atom stereocenters. The lowest BCUT2D eigenvalue weighted by Gasteiger charge is -2.20. The fourth-order valence-electron chi connectivity index (χ4n) is 1.70. The number of carbonyl (C=O) groups excluding carboxylic acids is 1. The lowest BCUT2D eigenvalue weighted by Crippen LogP contribution is -2.25. The van der Waals surface area contributed by atoms with E-state index in [1.54, 1.807) is 6.21 Å². The number of hydrogen-bond donors (Lipinski definition) is 0. The molecule has 0 saturated heterocycles. The summed E-state index contributed by atoms with van der Waals surface area (Å²) in [6.07, 6.45) is 2.48. The van der Waals surface area contributed by atoms with E-state index in [0.29, 0.717) is 6.42 Å². The van der Waals surface area contributed by atoms with Crippen LogP contribution < -0.4 is 0 Å². The molecule has 0 radical (unpaired) electrons. The number of hydrogen-bond acceptors (Lipinski definition) is 4. The highest BCUT2D eigenvalue weighted by Gasteiger charge is 2.23. The molecule has 0 aliphatic carbocycles. The highest BCUT2D eigenvalue weighted by molar-refractivity contribution is 5.74. The monoisotopic (exact) mass is 279 g/mol. The molecule has 0 spiro atoms. The molecule has 0 aromatic carbocycles. The van der Waals surface area contributed by atoms with Gasteiger partial charge in [-0.05, 0) is 46.2 Å². The Bertz CT molecular complexity index is 478. The van der Waals surface area contributed by atoms with Crippen molar-refractivity contribution in [3.05, 3.63) is 23.7 Å². The van der Waals surface area contributed by atoms with Gasteiger partial charge >= 0.3 is 5.97 Å². The highest BCUT2D eigenvalue weighted by Crippen LogP contribution is 2.27. The van der Waals surface area contributed by atoms with E-state index in [1.165, 1.54) is 0 Å². The second kappa shape index (κ2) is 6.25. The molecule has 20 heavy (non-hydrogen) atoms. The minimum Gasteiger partial charge on any atom is -0.466 e. The van der Waals surface area contributed by atoms with Crippen LogP contribution in [0.3, 0.4) is 0 Å². The van der Waals surface area contributed by atoms with Crippen LogP contribution in [0.25, 0.3) is 0 Å². The van der Waals surface area contributed by atoms with Crippen molar-refractivity contribution in [2.75, 3.05) is 6.54 Å². The van der Waals surface area contributed by atoms with Gasteiger partial charge in [0.05, 0.1) is 0 Å². The standard InChI is InChI=1S/C16H25NO3/c1-12-7-8-13(19-12)16(5,6)9-10-17-11-14(18)20-15(2,3)4/h7-8,10H,9,11H2,1-6H3. The quantitative estimate of drug-likeness (QED) is 0.610. The van der Waals surface area contributed by atoms with Crippen LogP contribution in [-0.2, 0) is 14.9 Å². The third-order valence-corrected chi connectivity index (χ3v) is 2.78. The lowest BCUT2D eigenvalue weighted by atomic mass is 9.87. The summed E-state index contributed by atoms with van der Waals surface area (Å²) in [4.78, 5) is 15.6. The van der Waals surface area contributed by atoms with E-state index in [2.05, 4.69) is 18.8 Å². The molecule has 0 saturated carbocycles. The number of aliphatic imine (C=N–C) groups is 1. The molecule has 0 amide bonds. The van der Waals surface area contributed by atoms with Gasteiger partial charge in [-0.3, -0.25) is 9.79 Å². The van der Waals surface area contributed by atoms with Crippen molar-refractivity contribution in [3.63, 3.8) is 0 Å². The van der Waals surface area contributed by atoms with Crippen LogP contribution >= 0.6 is 0 Å². The second-order valence-electron chi connectivity index (χ2n) is 6.61. The molecule has 4 nitrogen and oxygen atoms in total. The molecule has 4 heteroatoms. The van der Waals surface area contributed by atoms with Crippen LogP contribution in [0.2, 0.25) is 0 Å². The van der Waals surface area contributed by atoms with Crippen LogP contribution in [-0.4, -0.2) is 24.3 Å². The van der Waals surface area contributed by atoms with Crippen LogP contribution in [0.1, 0.15) is 52.6 Å². The fourth-order valence-corrected chi connectivity index (χ4v) is 1.70. The van der Waals surface area contributed by atoms with Crippen molar-refractivity contribution >= 4 is 12.2 Å². The van der Waals surface area contributed by atoms with Gasteiger partial charge in [0.15, 0.2) is 0 Å². The number of rotatable bonds is 5. The molecule has 0 atom stereocenters. The minimum absolute atomic E-state index is 0.0601. The summed E-state index contributed by atoms with van der Waals surface area (Å²) in [6.45, 7) is 11.7. The van der Waals surface area contributed by atoms with Gasteiger partial charge in [0.2, 0.25) is 0 Å². The zero-order valence-corrected chi connectivity index (χ0v) is 13.3. The summed E-state index contributed by atoms with van der Waals surface area (Å²) < 4.78 is 10.8. The number of furan rings is 1. The van der Waals surface area contributed by atoms with Crippen molar-refractivity contribution in [3.8, 4) is 0 Å². The number of carbonyl (C=O) groups is 1. The molecule has 112 valence electrons. The molecule has 0 aliphatic rings. The predicted octanol–water partition coefficient (Wildman–Crippen LogP) is 3.67. The first kappa shape index (κ1) is 16.5. The van der Waals surface area contributed by atoms with Gasteiger partial charge in [-0.1, -0.05) is 13.8 Å². The molecule has 1 aromatic rings. The minimum atomic E-state index is -0.461. The van der Waals surface area contributed by atoms with Gasteiger partial charge in [-0.2, -0.15) is 0 Å². The average Bonchev–Trinajstić information content (AvgIpc) is 2.70. The summed E-state index contributed by atoms with van der Waals surface area (Å²) in [5.41, 5.74) is -0.594. The zero-order chi connectivity index (χ0) is 15.4. The van der Waals surface area contributed by atoms with Gasteiger partial charge < -0.3 is 9.15 Å². The summed E-state index contributed by atoms with van der Waals surface area (Å²) in [5, 5.41) is 0. The van der Waals surface area contributed by atoms with E-state index in [4.69, 9.17) is 9.15 Å². The Balaban J connectivity index is 2.46. The van der Waals surface area contributed by atoms with Crippen molar-refractivity contribution in [1.82, 2.24) is 0 Å². The number of esters is 1. The predicted molar refractivity (Wildman–Crippen MR) is 80.3 cm³/mol. The molecular weight excluding hydrogens is 254 g/mol. The number of aryl methyl sites for hydroxylation is 1. The Morgan fingerprint density at radius 3 is 2.45 bits per heavy atom. The molecule has 0 N–H and O–H groups in total. The third-order valence-electron chi connectivity index (χ3n) is 2.78. The van der Waals surface area contributed by atoms with Crippen LogP contribution in [0.5, 0.6) is 0 Å². The van der Waals surface area contributed by atoms with Gasteiger partial charge in [0.25, 0.3) is 0 Å². The van der Waals surface area contributed by atoms with Gasteiger partial charge in [-0.25, -0.2) is 0 Å². The SMILES string of the molecule is Cc1ccc(C(C)(C)CC=NCC(=O)OC(C)(C)C)o1. The van der Waals surface area contributed by atoms with E-state index in [9.17, 15) is 4.79 Å². The number of nitrogens with zero attached hydrogens (tertiary/aromatic N) is 1. The maximum absolute atomic E-state index is 11.5. The first-order valence-corrected chi connectivity index (χ1v) is 6.87. The van der Waals surface area contributed by atoms with E-state index in [1.807, 2.05) is 39.8 Å². The average molecular weight is 279 g/mol. The summed E-state index contributed by atoms with van der Waals surface area (Å²) in [7, 11) is 0. The second-order valence-corrected chi connectivity index (χ2v) is 6.61. The van der Waals surface area contributed by atoms with E-state index >= 15 is 0 Å². The Labute approximate surface area is 121 Å². The maximum Gasteiger partial charge on any atom is 0.328 e. The Morgan fingerprint density at radius 2 is 1.95 bits per heavy atom. The highest BCUT2D eigenvalue weighted by atomic mass is 16.6. The van der Waals surface area contributed by atoms with Gasteiger partial charge in [-0.15, -0.1) is 0 Å². The van der Waals surface area contributed by atoms with Gasteiger partial charge in [0, 0.05) is 11.6 Å². The van der Waals surface area contributed by atoms with Crippen molar-refractivity contribution in [2.24, 2.45) is 4.99 Å². The van der Waals surface area contributed by atoms with Crippen LogP contribution in [0.4, 0.5) is 0 Å². The lowest BCUT2D eigenvalue weighted by molar-refractivity contribution is -0.152. The van der Waals surface area contributed by atoms with Gasteiger partial charge in [0.1, 0.15) is 23.7 Å². The molecule has 1 rings (SSSR count). The largest absolute Gasteiger partial charge is 0.466 e. The Hall–Kier alpha value is -1.58. The van der Waals surface area contributed by atoms with Crippen molar-refractivity contribution < 1.29 is 13.9 Å². The first-order chi connectivity index (χ1) is 9.10. The normalized spacial score (nSPS) is 12.9. The smallest absolute Gasteiger partial charge is 0.328 e. The summed E-state index contributed by atoms with van der Waals surface area (Å²) in [5.74, 6) is 1.53. The Kier molecular flexibility index (Phi) is 5.15. The molecule has 1 heterocycles. The fraction of sp³-hybridized carbons (Fsp3) is 0.625. The first-order valence-electron chi connectivity index (χ1n) is 6.87. The molecule has 0 bridgehead atoms. The Morgan fingerprint density at radius 1 is 1.30 bits per heavy atom. The van der Waals surface area contributed by atoms with Crippen molar-refractivity contribution in [1.29, 1.82) is 0 Å². The third kappa shape index (κ3) is 5.59. The van der Waals surface area contributed by atoms with Crippen LogP contribution in [0, 0.1) is 6.92 Å². The molecule has 0 aliphatic heterocycles. The topological polar surface area (TPSA) is 51.8 Å². The molecule has 0 fully saturated rings. The van der Waals surface area contributed by atoms with E-state index in [0.717, 1.165) is 11.5 Å². The molecular formula is C16H25NO3. The maximum atomic E-state index is 11.5. The van der Waals surface area contributed by atoms with E-state index in [-0.39, 0.29) is 17.9 Å². The van der Waals surface area contributed by atoms with E-state index < -0.39 is 5.60 Å². The summed E-state index contributed by atoms with van der Waals surface area (Å²) >= 11 is 0. The molecule has 1 aromatic heterocycles. The van der Waals surface area contributed by atoms with Crippen LogP contribution in [0.15, 0.2) is 21.5 Å². The van der Waals surface area contributed by atoms with Crippen molar-refractivity contribution in [2.45, 2.75) is 59.0 Å².